The maximum Gasteiger partial charge on any atom is 0.261 e. The molecule has 1 N–H and O–H groups in total. The Morgan fingerprint density at radius 3 is 2.00 bits per heavy atom. The maximum atomic E-state index is 11.9. The molecule has 0 radical (unpaired) electrons. The monoisotopic (exact) mass is 247 g/mol. The van der Waals surface area contributed by atoms with E-state index < -0.39 is 29.7 Å². The fourth-order valence-electron chi connectivity index (χ4n) is 1.72. The van der Waals surface area contributed by atoms with Crippen LogP contribution >= 0.6 is 0 Å². The molecule has 2 rings (SSSR count). The van der Waals surface area contributed by atoms with Crippen molar-refractivity contribution in [1.29, 1.82) is 0 Å². The van der Waals surface area contributed by atoms with Gasteiger partial charge in [0.2, 0.25) is 0 Å². The van der Waals surface area contributed by atoms with E-state index in [1.54, 1.807) is 24.3 Å². The summed E-state index contributed by atoms with van der Waals surface area (Å²) in [6, 6.07) is 6.41. The van der Waals surface area contributed by atoms with Crippen LogP contribution in [0.15, 0.2) is 24.3 Å². The number of Topliss-reactive ketones (excluding diaryl/α,β-unsaturated/α-hetero) is 1. The number of ketones is 1. The summed E-state index contributed by atoms with van der Waals surface area (Å²) < 4.78 is 0. The number of fused-ring (bicyclic) bond motifs is 1. The minimum atomic E-state index is -1.56. The molecule has 5 nitrogen and oxygen atoms in total. The average Bonchev–Trinajstić information content (AvgIpc) is 2.54. The van der Waals surface area contributed by atoms with Crippen molar-refractivity contribution in [3.05, 3.63) is 35.4 Å². The normalized spacial score (nSPS) is 14.9. The number of amides is 2. The molecule has 0 bridgehead atoms. The Kier molecular flexibility index (Phi) is 2.78. The van der Waals surface area contributed by atoms with Crippen LogP contribution in [-0.4, -0.2) is 39.7 Å². The molecule has 1 heterocycles. The standard InChI is InChI=1S/C13H13NO4/c1-13(2,18)10(15)7-14-11(16)8-5-3-4-6-9(8)12(14)17/h3-6,18H,7H2,1-2H3. The zero-order valence-corrected chi connectivity index (χ0v) is 10.1. The molecule has 1 aliphatic rings. The Hall–Kier alpha value is -2.01. The van der Waals surface area contributed by atoms with E-state index in [2.05, 4.69) is 0 Å². The first-order chi connectivity index (χ1) is 8.32. The highest BCUT2D eigenvalue weighted by Crippen LogP contribution is 2.22. The Balaban J connectivity index is 2.27. The summed E-state index contributed by atoms with van der Waals surface area (Å²) in [4.78, 5) is 36.4. The summed E-state index contributed by atoms with van der Waals surface area (Å²) in [6.07, 6.45) is 0. The lowest BCUT2D eigenvalue weighted by Gasteiger charge is -2.19. The quantitative estimate of drug-likeness (QED) is 0.795. The van der Waals surface area contributed by atoms with Gasteiger partial charge < -0.3 is 5.11 Å². The van der Waals surface area contributed by atoms with Gasteiger partial charge in [-0.15, -0.1) is 0 Å². The Morgan fingerprint density at radius 2 is 1.61 bits per heavy atom. The lowest BCUT2D eigenvalue weighted by molar-refractivity contribution is -0.134. The first-order valence-electron chi connectivity index (χ1n) is 5.53. The fourth-order valence-corrected chi connectivity index (χ4v) is 1.72. The van der Waals surface area contributed by atoms with Crippen LogP contribution in [0.4, 0.5) is 0 Å². The van der Waals surface area contributed by atoms with Crippen molar-refractivity contribution in [2.24, 2.45) is 0 Å². The van der Waals surface area contributed by atoms with Gasteiger partial charge in [0.15, 0.2) is 5.78 Å². The van der Waals surface area contributed by atoms with E-state index in [1.165, 1.54) is 13.8 Å². The zero-order chi connectivity index (χ0) is 13.5. The van der Waals surface area contributed by atoms with E-state index >= 15 is 0 Å². The number of hydrogen-bond acceptors (Lipinski definition) is 4. The number of nitrogens with zero attached hydrogens (tertiary/aromatic N) is 1. The van der Waals surface area contributed by atoms with Gasteiger partial charge in [-0.1, -0.05) is 12.1 Å². The molecule has 0 fully saturated rings. The van der Waals surface area contributed by atoms with Crippen molar-refractivity contribution in [1.82, 2.24) is 4.90 Å². The molecule has 0 aliphatic carbocycles. The molecule has 1 aromatic rings. The molecular weight excluding hydrogens is 234 g/mol. The molecular formula is C13H13NO4. The number of carbonyl (C=O) groups excluding carboxylic acids is 3. The molecule has 94 valence electrons. The van der Waals surface area contributed by atoms with Crippen molar-refractivity contribution in [3.8, 4) is 0 Å². The summed E-state index contributed by atoms with van der Waals surface area (Å²) in [6.45, 7) is 2.25. The maximum absolute atomic E-state index is 11.9. The van der Waals surface area contributed by atoms with Gasteiger partial charge in [-0.2, -0.15) is 0 Å². The molecule has 0 spiro atoms. The molecule has 1 aliphatic heterocycles. The SMILES string of the molecule is CC(C)(O)C(=O)CN1C(=O)c2ccccc2C1=O. The predicted octanol–water partition coefficient (Wildman–Crippen LogP) is 0.623. The van der Waals surface area contributed by atoms with Crippen LogP contribution in [0.5, 0.6) is 0 Å². The van der Waals surface area contributed by atoms with Crippen molar-refractivity contribution in [2.45, 2.75) is 19.4 Å². The van der Waals surface area contributed by atoms with E-state index in [1.807, 2.05) is 0 Å². The Labute approximate surface area is 104 Å². The first kappa shape index (κ1) is 12.4. The third kappa shape index (κ3) is 1.93. The molecule has 0 atom stereocenters. The molecule has 0 saturated heterocycles. The highest BCUT2D eigenvalue weighted by molar-refractivity contribution is 6.22. The number of imide groups is 1. The van der Waals surface area contributed by atoms with Gasteiger partial charge in [-0.05, 0) is 26.0 Å². The van der Waals surface area contributed by atoms with Crippen LogP contribution in [0.1, 0.15) is 34.6 Å². The Bertz CT molecular complexity index is 507. The van der Waals surface area contributed by atoms with Gasteiger partial charge in [0.1, 0.15) is 5.60 Å². The smallest absolute Gasteiger partial charge is 0.261 e. The van der Waals surface area contributed by atoms with E-state index in [9.17, 15) is 19.5 Å². The second-order valence-corrected chi connectivity index (χ2v) is 4.72. The van der Waals surface area contributed by atoms with Gasteiger partial charge in [-0.3, -0.25) is 19.3 Å². The minimum absolute atomic E-state index is 0.297. The van der Waals surface area contributed by atoms with Gasteiger partial charge in [0.25, 0.3) is 11.8 Å². The molecule has 5 heteroatoms. The summed E-state index contributed by atoms with van der Waals surface area (Å²) >= 11 is 0. The molecule has 0 saturated carbocycles. The average molecular weight is 247 g/mol. The second-order valence-electron chi connectivity index (χ2n) is 4.72. The summed E-state index contributed by atoms with van der Waals surface area (Å²) in [5, 5.41) is 9.54. The van der Waals surface area contributed by atoms with Crippen molar-refractivity contribution < 1.29 is 19.5 Å². The zero-order valence-electron chi connectivity index (χ0n) is 10.1. The topological polar surface area (TPSA) is 74.7 Å². The van der Waals surface area contributed by atoms with E-state index in [0.717, 1.165) is 4.90 Å². The number of benzene rings is 1. The number of rotatable bonds is 3. The van der Waals surface area contributed by atoms with Gasteiger partial charge >= 0.3 is 0 Å². The summed E-state index contributed by atoms with van der Waals surface area (Å²) in [5.41, 5.74) is -0.966. The molecule has 2 amide bonds. The minimum Gasteiger partial charge on any atom is -0.383 e. The molecule has 1 aromatic carbocycles. The van der Waals surface area contributed by atoms with Crippen LogP contribution in [0.3, 0.4) is 0 Å². The second kappa shape index (κ2) is 4.03. The van der Waals surface area contributed by atoms with E-state index in [4.69, 9.17) is 0 Å². The van der Waals surface area contributed by atoms with Crippen LogP contribution in [0.25, 0.3) is 0 Å². The fraction of sp³-hybridized carbons (Fsp3) is 0.308. The van der Waals surface area contributed by atoms with Crippen LogP contribution in [0.2, 0.25) is 0 Å². The van der Waals surface area contributed by atoms with Crippen LogP contribution in [0, 0.1) is 0 Å². The lowest BCUT2D eigenvalue weighted by Crippen LogP contribution is -2.43. The van der Waals surface area contributed by atoms with Gasteiger partial charge in [-0.25, -0.2) is 0 Å². The first-order valence-corrected chi connectivity index (χ1v) is 5.53. The number of carbonyl (C=O) groups is 3. The van der Waals surface area contributed by atoms with Crippen molar-refractivity contribution in [3.63, 3.8) is 0 Å². The number of hydrogen-bond donors (Lipinski definition) is 1. The lowest BCUT2D eigenvalue weighted by atomic mass is 10.0. The van der Waals surface area contributed by atoms with Crippen LogP contribution in [-0.2, 0) is 4.79 Å². The molecule has 0 aromatic heterocycles. The number of aliphatic hydroxyl groups is 1. The molecule has 0 unspecified atom stereocenters. The van der Waals surface area contributed by atoms with Crippen LogP contribution < -0.4 is 0 Å². The van der Waals surface area contributed by atoms with Gasteiger partial charge in [0, 0.05) is 0 Å². The van der Waals surface area contributed by atoms with Gasteiger partial charge in [0.05, 0.1) is 17.7 Å². The molecule has 18 heavy (non-hydrogen) atoms. The Morgan fingerprint density at radius 1 is 1.17 bits per heavy atom. The third-order valence-electron chi connectivity index (χ3n) is 2.86. The van der Waals surface area contributed by atoms with E-state index in [0.29, 0.717) is 11.1 Å². The van der Waals surface area contributed by atoms with Crippen molar-refractivity contribution >= 4 is 17.6 Å². The third-order valence-corrected chi connectivity index (χ3v) is 2.86. The largest absolute Gasteiger partial charge is 0.383 e. The van der Waals surface area contributed by atoms with E-state index in [-0.39, 0.29) is 0 Å². The predicted molar refractivity (Wildman–Crippen MR) is 63.1 cm³/mol. The summed E-state index contributed by atoms with van der Waals surface area (Å²) in [7, 11) is 0. The van der Waals surface area contributed by atoms with Crippen molar-refractivity contribution in [2.75, 3.05) is 6.54 Å². The highest BCUT2D eigenvalue weighted by Gasteiger charge is 2.38. The highest BCUT2D eigenvalue weighted by atomic mass is 16.3. The summed E-state index contributed by atoms with van der Waals surface area (Å²) in [5.74, 6) is -1.56.